The minimum absolute atomic E-state index is 0.151. The van der Waals surface area contributed by atoms with Gasteiger partial charge in [-0.2, -0.15) is 0 Å². The number of amides is 1. The zero-order valence-electron chi connectivity index (χ0n) is 8.78. The summed E-state index contributed by atoms with van der Waals surface area (Å²) in [5, 5.41) is 0. The van der Waals surface area contributed by atoms with Gasteiger partial charge in [0.2, 0.25) is 0 Å². The van der Waals surface area contributed by atoms with E-state index in [1.54, 1.807) is 0 Å². The minimum Gasteiger partial charge on any atom is -0.379 e. The first-order valence-corrected chi connectivity index (χ1v) is 6.22. The molecule has 2 aliphatic rings. The van der Waals surface area contributed by atoms with Gasteiger partial charge in [-0.1, -0.05) is 15.9 Å². The summed E-state index contributed by atoms with van der Waals surface area (Å²) < 4.78 is 6.37. The number of benzene rings is 1. The lowest BCUT2D eigenvalue weighted by molar-refractivity contribution is 0.0679. The van der Waals surface area contributed by atoms with Crippen molar-refractivity contribution in [3.05, 3.63) is 33.8 Å². The lowest BCUT2D eigenvalue weighted by atomic mass is 10.1. The van der Waals surface area contributed by atoms with Gasteiger partial charge in [0.25, 0.3) is 5.91 Å². The van der Waals surface area contributed by atoms with Crippen LogP contribution in [0, 0.1) is 0 Å². The van der Waals surface area contributed by atoms with E-state index in [2.05, 4.69) is 15.9 Å². The Labute approximate surface area is 103 Å². The van der Waals surface area contributed by atoms with Crippen molar-refractivity contribution < 1.29 is 9.53 Å². The van der Waals surface area contributed by atoms with E-state index in [1.807, 2.05) is 23.1 Å². The number of hydrogen-bond acceptors (Lipinski definition) is 2. The Morgan fingerprint density at radius 1 is 1.44 bits per heavy atom. The molecule has 84 valence electrons. The fourth-order valence-corrected chi connectivity index (χ4v) is 2.78. The predicted molar refractivity (Wildman–Crippen MR) is 63.2 cm³/mol. The van der Waals surface area contributed by atoms with Crippen LogP contribution in [0.4, 0.5) is 0 Å². The van der Waals surface area contributed by atoms with Gasteiger partial charge in [0.1, 0.15) is 0 Å². The van der Waals surface area contributed by atoms with Gasteiger partial charge in [-0.15, -0.1) is 0 Å². The maximum atomic E-state index is 12.2. The lowest BCUT2D eigenvalue weighted by Gasteiger charge is -2.21. The number of ether oxygens (including phenoxy) is 1. The molecule has 4 heteroatoms. The predicted octanol–water partition coefficient (Wildman–Crippen LogP) is 2.19. The van der Waals surface area contributed by atoms with Gasteiger partial charge in [-0.25, -0.2) is 0 Å². The third kappa shape index (κ3) is 1.57. The molecule has 1 saturated heterocycles. The first kappa shape index (κ1) is 10.3. The largest absolute Gasteiger partial charge is 0.379 e. The Kier molecular flexibility index (Phi) is 2.48. The van der Waals surface area contributed by atoms with Gasteiger partial charge in [-0.3, -0.25) is 4.79 Å². The molecule has 1 amide bonds. The van der Waals surface area contributed by atoms with Gasteiger partial charge in [0.05, 0.1) is 12.6 Å². The Balaban J connectivity index is 1.90. The van der Waals surface area contributed by atoms with Crippen LogP contribution >= 0.6 is 15.9 Å². The second kappa shape index (κ2) is 3.86. The summed E-state index contributed by atoms with van der Waals surface area (Å²) in [6.45, 7) is 2.18. The van der Waals surface area contributed by atoms with Crippen molar-refractivity contribution >= 4 is 21.8 Å². The molecule has 2 heterocycles. The summed E-state index contributed by atoms with van der Waals surface area (Å²) in [5.74, 6) is 0.151. The SMILES string of the molecule is O=C1c2ccc(Br)cc2CN1C1CCOC1. The summed E-state index contributed by atoms with van der Waals surface area (Å²) in [4.78, 5) is 14.1. The third-order valence-corrected chi connectivity index (χ3v) is 3.74. The molecule has 0 N–H and O–H groups in total. The summed E-state index contributed by atoms with van der Waals surface area (Å²) in [7, 11) is 0. The molecule has 0 spiro atoms. The zero-order chi connectivity index (χ0) is 11.1. The van der Waals surface area contributed by atoms with E-state index in [0.29, 0.717) is 6.61 Å². The maximum Gasteiger partial charge on any atom is 0.254 e. The van der Waals surface area contributed by atoms with Crippen LogP contribution in [0.3, 0.4) is 0 Å². The van der Waals surface area contributed by atoms with E-state index in [1.165, 1.54) is 0 Å². The van der Waals surface area contributed by atoms with E-state index in [9.17, 15) is 4.79 Å². The maximum absolute atomic E-state index is 12.2. The molecular weight excluding hydrogens is 270 g/mol. The van der Waals surface area contributed by atoms with Gasteiger partial charge in [0.15, 0.2) is 0 Å². The molecule has 16 heavy (non-hydrogen) atoms. The van der Waals surface area contributed by atoms with Gasteiger partial charge < -0.3 is 9.64 Å². The molecule has 1 fully saturated rings. The summed E-state index contributed by atoms with van der Waals surface area (Å²) in [6.07, 6.45) is 0.959. The van der Waals surface area contributed by atoms with E-state index in [0.717, 1.165) is 35.2 Å². The highest BCUT2D eigenvalue weighted by Gasteiger charge is 2.34. The number of carbonyl (C=O) groups is 1. The average molecular weight is 282 g/mol. The number of halogens is 1. The van der Waals surface area contributed by atoms with Crippen molar-refractivity contribution in [2.45, 2.75) is 19.0 Å². The van der Waals surface area contributed by atoms with Gasteiger partial charge >= 0.3 is 0 Å². The number of fused-ring (bicyclic) bond motifs is 1. The quantitative estimate of drug-likeness (QED) is 0.790. The van der Waals surface area contributed by atoms with Crippen molar-refractivity contribution in [2.24, 2.45) is 0 Å². The van der Waals surface area contributed by atoms with Crippen molar-refractivity contribution in [1.82, 2.24) is 4.90 Å². The van der Waals surface area contributed by atoms with Crippen molar-refractivity contribution in [3.8, 4) is 0 Å². The van der Waals surface area contributed by atoms with E-state index in [4.69, 9.17) is 4.74 Å². The molecule has 3 rings (SSSR count). The molecule has 3 nitrogen and oxygen atoms in total. The third-order valence-electron chi connectivity index (χ3n) is 3.25. The fourth-order valence-electron chi connectivity index (χ4n) is 2.37. The zero-order valence-corrected chi connectivity index (χ0v) is 10.4. The van der Waals surface area contributed by atoms with E-state index in [-0.39, 0.29) is 11.9 Å². The van der Waals surface area contributed by atoms with Crippen molar-refractivity contribution in [2.75, 3.05) is 13.2 Å². The highest BCUT2D eigenvalue weighted by Crippen LogP contribution is 2.29. The van der Waals surface area contributed by atoms with E-state index >= 15 is 0 Å². The van der Waals surface area contributed by atoms with Crippen molar-refractivity contribution in [1.29, 1.82) is 0 Å². The molecule has 0 saturated carbocycles. The van der Waals surface area contributed by atoms with Crippen LogP contribution in [0.2, 0.25) is 0 Å². The summed E-state index contributed by atoms with van der Waals surface area (Å²) in [5.41, 5.74) is 1.96. The van der Waals surface area contributed by atoms with Gasteiger partial charge in [-0.05, 0) is 30.2 Å². The first-order valence-electron chi connectivity index (χ1n) is 5.43. The number of nitrogens with zero attached hydrogens (tertiary/aromatic N) is 1. The second-order valence-corrected chi connectivity index (χ2v) is 5.17. The van der Waals surface area contributed by atoms with Gasteiger partial charge in [0, 0.05) is 23.2 Å². The Morgan fingerprint density at radius 3 is 3.06 bits per heavy atom. The Bertz CT molecular complexity index is 441. The Morgan fingerprint density at radius 2 is 2.31 bits per heavy atom. The molecule has 1 atom stereocenters. The highest BCUT2D eigenvalue weighted by molar-refractivity contribution is 9.10. The van der Waals surface area contributed by atoms with Crippen LogP contribution in [-0.4, -0.2) is 30.1 Å². The highest BCUT2D eigenvalue weighted by atomic mass is 79.9. The number of rotatable bonds is 1. The van der Waals surface area contributed by atoms with Crippen LogP contribution < -0.4 is 0 Å². The molecule has 0 radical (unpaired) electrons. The first-order chi connectivity index (χ1) is 7.75. The molecule has 0 bridgehead atoms. The van der Waals surface area contributed by atoms with E-state index < -0.39 is 0 Å². The molecule has 1 aromatic rings. The second-order valence-electron chi connectivity index (χ2n) is 4.25. The molecule has 2 aliphatic heterocycles. The lowest BCUT2D eigenvalue weighted by Crippen LogP contribution is -2.35. The molecule has 0 aromatic heterocycles. The topological polar surface area (TPSA) is 29.5 Å². The summed E-state index contributed by atoms with van der Waals surface area (Å²) >= 11 is 3.43. The normalized spacial score (nSPS) is 23.9. The number of hydrogen-bond donors (Lipinski definition) is 0. The molecule has 1 aromatic carbocycles. The number of carbonyl (C=O) groups excluding carboxylic acids is 1. The molecular formula is C12H12BrNO2. The van der Waals surface area contributed by atoms with Crippen LogP contribution in [0.1, 0.15) is 22.3 Å². The van der Waals surface area contributed by atoms with Crippen LogP contribution in [0.5, 0.6) is 0 Å². The smallest absolute Gasteiger partial charge is 0.254 e. The summed E-state index contributed by atoms with van der Waals surface area (Å²) in [6, 6.07) is 6.12. The Hall–Kier alpha value is -0.870. The van der Waals surface area contributed by atoms with Crippen LogP contribution in [0.25, 0.3) is 0 Å². The fraction of sp³-hybridized carbons (Fsp3) is 0.417. The minimum atomic E-state index is 0.151. The van der Waals surface area contributed by atoms with Crippen molar-refractivity contribution in [3.63, 3.8) is 0 Å². The average Bonchev–Trinajstić information content (AvgIpc) is 2.86. The van der Waals surface area contributed by atoms with Crippen LogP contribution in [0.15, 0.2) is 22.7 Å². The monoisotopic (exact) mass is 281 g/mol. The molecule has 0 aliphatic carbocycles. The standard InChI is InChI=1S/C12H12BrNO2/c13-9-1-2-11-8(5-9)6-14(12(11)15)10-3-4-16-7-10/h1-2,5,10H,3-4,6-7H2. The van der Waals surface area contributed by atoms with Crippen LogP contribution in [-0.2, 0) is 11.3 Å². The molecule has 1 unspecified atom stereocenters.